The van der Waals surface area contributed by atoms with Gasteiger partial charge in [0, 0.05) is 11.8 Å². The van der Waals surface area contributed by atoms with Crippen molar-refractivity contribution in [2.45, 2.75) is 25.0 Å². The molecular formula is C9H15NOS. The van der Waals surface area contributed by atoms with Gasteiger partial charge in [-0.2, -0.15) is 11.8 Å². The predicted octanol–water partition coefficient (Wildman–Crippen LogP) is 1.57. The van der Waals surface area contributed by atoms with Gasteiger partial charge in [0.2, 0.25) is 5.91 Å². The first kappa shape index (κ1) is 9.65. The van der Waals surface area contributed by atoms with Crippen molar-refractivity contribution in [1.29, 1.82) is 0 Å². The van der Waals surface area contributed by atoms with Gasteiger partial charge in [-0.15, -0.1) is 0 Å². The summed E-state index contributed by atoms with van der Waals surface area (Å²) in [6, 6.07) is 0. The van der Waals surface area contributed by atoms with E-state index in [0.717, 1.165) is 6.54 Å². The van der Waals surface area contributed by atoms with E-state index in [4.69, 9.17) is 0 Å². The highest BCUT2D eigenvalue weighted by Gasteiger charge is 2.15. The Hall–Kier alpha value is -0.440. The first-order chi connectivity index (χ1) is 5.83. The fourth-order valence-corrected chi connectivity index (χ4v) is 2.43. The third kappa shape index (κ3) is 3.30. The zero-order valence-corrected chi connectivity index (χ0v) is 8.19. The van der Waals surface area contributed by atoms with Crippen LogP contribution < -0.4 is 5.32 Å². The lowest BCUT2D eigenvalue weighted by Crippen LogP contribution is -2.28. The normalized spacial score (nSPS) is 23.2. The van der Waals surface area contributed by atoms with Gasteiger partial charge in [0.05, 0.1) is 0 Å². The summed E-state index contributed by atoms with van der Waals surface area (Å²) in [7, 11) is 0. The van der Waals surface area contributed by atoms with E-state index in [-0.39, 0.29) is 5.91 Å². The molecule has 1 heterocycles. The van der Waals surface area contributed by atoms with Crippen molar-refractivity contribution in [3.8, 4) is 0 Å². The first-order valence-electron chi connectivity index (χ1n) is 4.35. The Morgan fingerprint density at radius 1 is 1.75 bits per heavy atom. The molecule has 1 N–H and O–H groups in total. The second kappa shape index (κ2) is 5.25. The van der Waals surface area contributed by atoms with Crippen LogP contribution in [0, 0.1) is 0 Å². The number of carbonyl (C=O) groups is 1. The number of hydrogen-bond acceptors (Lipinski definition) is 2. The number of nitrogens with one attached hydrogen (secondary N) is 1. The lowest BCUT2D eigenvalue weighted by Gasteiger charge is -2.07. The van der Waals surface area contributed by atoms with Crippen LogP contribution in [0.4, 0.5) is 0 Å². The largest absolute Gasteiger partial charge is 0.351 e. The summed E-state index contributed by atoms with van der Waals surface area (Å²) < 4.78 is 0. The summed E-state index contributed by atoms with van der Waals surface area (Å²) in [5.41, 5.74) is 0. The van der Waals surface area contributed by atoms with Crippen molar-refractivity contribution in [2.24, 2.45) is 0 Å². The molecule has 1 saturated heterocycles. The van der Waals surface area contributed by atoms with E-state index in [9.17, 15) is 4.79 Å². The van der Waals surface area contributed by atoms with Crippen LogP contribution in [0.15, 0.2) is 12.2 Å². The van der Waals surface area contributed by atoms with Crippen molar-refractivity contribution in [3.05, 3.63) is 12.2 Å². The Kier molecular flexibility index (Phi) is 4.22. The Morgan fingerprint density at radius 3 is 3.17 bits per heavy atom. The molecule has 1 rings (SSSR count). The highest BCUT2D eigenvalue weighted by atomic mass is 32.2. The van der Waals surface area contributed by atoms with Crippen LogP contribution in [0.1, 0.15) is 19.8 Å². The molecule has 0 aliphatic carbocycles. The molecule has 2 nitrogen and oxygen atoms in total. The van der Waals surface area contributed by atoms with Gasteiger partial charge in [-0.3, -0.25) is 4.79 Å². The van der Waals surface area contributed by atoms with Gasteiger partial charge >= 0.3 is 0 Å². The number of amides is 1. The molecule has 3 heteroatoms. The standard InChI is InChI=1S/C9H15NOS/c1-2-4-9(11)10-7-8-5-3-6-12-8/h2,4,8H,3,5-7H2,1H3,(H,10,11)/b4-2+. The minimum Gasteiger partial charge on any atom is -0.351 e. The van der Waals surface area contributed by atoms with Crippen LogP contribution >= 0.6 is 11.8 Å². The van der Waals surface area contributed by atoms with Gasteiger partial charge in [0.1, 0.15) is 0 Å². The molecule has 1 unspecified atom stereocenters. The van der Waals surface area contributed by atoms with Gasteiger partial charge < -0.3 is 5.32 Å². The predicted molar refractivity (Wildman–Crippen MR) is 53.3 cm³/mol. The van der Waals surface area contributed by atoms with Crippen LogP contribution in [-0.4, -0.2) is 23.5 Å². The second-order valence-electron chi connectivity index (χ2n) is 2.88. The van der Waals surface area contributed by atoms with Crippen molar-refractivity contribution in [3.63, 3.8) is 0 Å². The molecule has 0 aromatic carbocycles. The fourth-order valence-electron chi connectivity index (χ4n) is 1.23. The molecule has 1 amide bonds. The molecule has 1 fully saturated rings. The molecule has 1 atom stereocenters. The maximum absolute atomic E-state index is 11.0. The Balaban J connectivity index is 2.11. The fraction of sp³-hybridized carbons (Fsp3) is 0.667. The van der Waals surface area contributed by atoms with Crippen LogP contribution in [0.25, 0.3) is 0 Å². The summed E-state index contributed by atoms with van der Waals surface area (Å²) in [6.45, 7) is 2.68. The zero-order chi connectivity index (χ0) is 8.81. The van der Waals surface area contributed by atoms with Crippen molar-refractivity contribution < 1.29 is 4.79 Å². The van der Waals surface area contributed by atoms with Crippen molar-refractivity contribution in [2.75, 3.05) is 12.3 Å². The zero-order valence-electron chi connectivity index (χ0n) is 7.38. The number of carbonyl (C=O) groups excluding carboxylic acids is 1. The number of thioether (sulfide) groups is 1. The third-order valence-corrected chi connectivity index (χ3v) is 3.24. The molecule has 0 radical (unpaired) electrons. The van der Waals surface area contributed by atoms with E-state index in [1.54, 1.807) is 12.2 Å². The smallest absolute Gasteiger partial charge is 0.243 e. The summed E-state index contributed by atoms with van der Waals surface area (Å²) in [6.07, 6.45) is 5.88. The van der Waals surface area contributed by atoms with E-state index < -0.39 is 0 Å². The number of hydrogen-bond donors (Lipinski definition) is 1. The van der Waals surface area contributed by atoms with Crippen LogP contribution in [-0.2, 0) is 4.79 Å². The molecule has 0 aromatic rings. The lowest BCUT2D eigenvalue weighted by atomic mass is 10.2. The van der Waals surface area contributed by atoms with Gasteiger partial charge in [-0.05, 0) is 31.6 Å². The van der Waals surface area contributed by atoms with Crippen LogP contribution in [0.3, 0.4) is 0 Å². The summed E-state index contributed by atoms with van der Waals surface area (Å²) >= 11 is 1.96. The van der Waals surface area contributed by atoms with Crippen LogP contribution in [0.2, 0.25) is 0 Å². The van der Waals surface area contributed by atoms with Gasteiger partial charge in [0.15, 0.2) is 0 Å². The van der Waals surface area contributed by atoms with Gasteiger partial charge in [-0.25, -0.2) is 0 Å². The molecule has 12 heavy (non-hydrogen) atoms. The average molecular weight is 185 g/mol. The molecule has 1 aliphatic heterocycles. The maximum atomic E-state index is 11.0. The summed E-state index contributed by atoms with van der Waals surface area (Å²) in [4.78, 5) is 11.0. The van der Waals surface area contributed by atoms with E-state index in [0.29, 0.717) is 5.25 Å². The van der Waals surface area contributed by atoms with Crippen LogP contribution in [0.5, 0.6) is 0 Å². The average Bonchev–Trinajstić information content (AvgIpc) is 2.53. The lowest BCUT2D eigenvalue weighted by molar-refractivity contribution is -0.116. The SMILES string of the molecule is C/C=C/C(=O)NCC1CCCS1. The van der Waals surface area contributed by atoms with E-state index >= 15 is 0 Å². The molecule has 0 spiro atoms. The second-order valence-corrected chi connectivity index (χ2v) is 4.29. The molecule has 0 aromatic heterocycles. The Bertz CT molecular complexity index is 173. The summed E-state index contributed by atoms with van der Waals surface area (Å²) in [5.74, 6) is 1.29. The highest BCUT2D eigenvalue weighted by Crippen LogP contribution is 2.25. The van der Waals surface area contributed by atoms with Crippen molar-refractivity contribution >= 4 is 17.7 Å². The molecule has 0 bridgehead atoms. The van der Waals surface area contributed by atoms with Crippen molar-refractivity contribution in [1.82, 2.24) is 5.32 Å². The molecule has 1 aliphatic rings. The van der Waals surface area contributed by atoms with E-state index in [1.165, 1.54) is 18.6 Å². The summed E-state index contributed by atoms with van der Waals surface area (Å²) in [5, 5.41) is 3.53. The van der Waals surface area contributed by atoms with E-state index in [1.807, 2.05) is 18.7 Å². The van der Waals surface area contributed by atoms with Gasteiger partial charge in [0.25, 0.3) is 0 Å². The minimum absolute atomic E-state index is 0.0324. The maximum Gasteiger partial charge on any atom is 0.243 e. The number of allylic oxidation sites excluding steroid dienone is 1. The Morgan fingerprint density at radius 2 is 2.58 bits per heavy atom. The highest BCUT2D eigenvalue weighted by molar-refractivity contribution is 8.00. The molecule has 68 valence electrons. The third-order valence-electron chi connectivity index (χ3n) is 1.85. The monoisotopic (exact) mass is 185 g/mol. The van der Waals surface area contributed by atoms with E-state index in [2.05, 4.69) is 5.32 Å². The minimum atomic E-state index is 0.0324. The molecule has 0 saturated carbocycles. The Labute approximate surface area is 77.8 Å². The topological polar surface area (TPSA) is 29.1 Å². The van der Waals surface area contributed by atoms with Gasteiger partial charge in [-0.1, -0.05) is 6.08 Å². The first-order valence-corrected chi connectivity index (χ1v) is 5.40. The molecular weight excluding hydrogens is 170 g/mol. The number of rotatable bonds is 3. The quantitative estimate of drug-likeness (QED) is 0.676.